The molecule has 3 aliphatic rings. The number of hydrogen-bond acceptors (Lipinski definition) is 5. The molecular weight excluding hydrogens is 457 g/mol. The Hall–Kier alpha value is -2.74. The van der Waals surface area contributed by atoms with Crippen molar-refractivity contribution in [3.8, 4) is 5.75 Å². The van der Waals surface area contributed by atoms with E-state index in [0.717, 1.165) is 67.5 Å². The number of halogens is 1. The van der Waals surface area contributed by atoms with Crippen LogP contribution >= 0.6 is 0 Å². The van der Waals surface area contributed by atoms with Crippen LogP contribution in [0.15, 0.2) is 42.5 Å². The normalized spacial score (nSPS) is 22.8. The number of benzene rings is 2. The molecule has 190 valence electrons. The number of piperidine rings is 1. The molecule has 7 heteroatoms. The minimum Gasteiger partial charge on any atom is -0.497 e. The van der Waals surface area contributed by atoms with E-state index in [1.54, 1.807) is 25.3 Å². The maximum Gasteiger partial charge on any atom is 0.159 e. The summed E-state index contributed by atoms with van der Waals surface area (Å²) >= 11 is 0. The third kappa shape index (κ3) is 3.85. The summed E-state index contributed by atoms with van der Waals surface area (Å²) in [4.78, 5) is 19.7. The number of ketones is 1. The first-order chi connectivity index (χ1) is 17.5. The Morgan fingerprint density at radius 1 is 1.22 bits per heavy atom. The molecule has 1 unspecified atom stereocenters. The van der Waals surface area contributed by atoms with Gasteiger partial charge in [-0.05, 0) is 62.5 Å². The molecule has 2 fully saturated rings. The summed E-state index contributed by atoms with van der Waals surface area (Å²) in [6.45, 7) is 2.66. The minimum atomic E-state index is -1.02. The van der Waals surface area contributed by atoms with Crippen LogP contribution in [-0.2, 0) is 10.2 Å². The van der Waals surface area contributed by atoms with Crippen LogP contribution < -0.4 is 10.1 Å². The molecule has 0 bridgehead atoms. The SMILES string of the molecule is COc1ccc2c3c([nH]c2c1)C(C(=O)C1CCC1)N(C[C@H](O)c1ccccc1F)CC31CCNCC1. The Bertz CT molecular complexity index is 1280. The molecule has 1 aromatic heterocycles. The highest BCUT2D eigenvalue weighted by Crippen LogP contribution is 2.50. The van der Waals surface area contributed by atoms with Gasteiger partial charge in [-0.25, -0.2) is 4.39 Å². The van der Waals surface area contributed by atoms with Crippen LogP contribution in [0, 0.1) is 11.7 Å². The van der Waals surface area contributed by atoms with Crippen molar-refractivity contribution in [2.45, 2.75) is 49.7 Å². The average molecular weight is 492 g/mol. The lowest BCUT2D eigenvalue weighted by molar-refractivity contribution is -0.133. The van der Waals surface area contributed by atoms with Gasteiger partial charge in [-0.3, -0.25) is 9.69 Å². The number of nitrogens with one attached hydrogen (secondary N) is 2. The molecule has 0 radical (unpaired) electrons. The number of aromatic nitrogens is 1. The van der Waals surface area contributed by atoms with E-state index in [-0.39, 0.29) is 29.2 Å². The first-order valence-electron chi connectivity index (χ1n) is 13.1. The predicted molar refractivity (Wildman–Crippen MR) is 137 cm³/mol. The number of aromatic amines is 1. The third-order valence-electron chi connectivity index (χ3n) is 8.72. The third-order valence-corrected chi connectivity index (χ3v) is 8.72. The highest BCUT2D eigenvalue weighted by atomic mass is 19.1. The van der Waals surface area contributed by atoms with E-state index >= 15 is 0 Å². The van der Waals surface area contributed by atoms with Crippen molar-refractivity contribution in [1.29, 1.82) is 0 Å². The minimum absolute atomic E-state index is 0.0407. The summed E-state index contributed by atoms with van der Waals surface area (Å²) in [6, 6.07) is 12.0. The maximum absolute atomic E-state index is 14.6. The second kappa shape index (κ2) is 9.29. The number of β-amino-alcohol motifs (C(OH)–C–C–N with tert-alkyl or cyclic N) is 1. The number of aliphatic hydroxyl groups excluding tert-OH is 1. The van der Waals surface area contributed by atoms with Crippen molar-refractivity contribution >= 4 is 16.7 Å². The van der Waals surface area contributed by atoms with Gasteiger partial charge in [-0.2, -0.15) is 0 Å². The number of rotatable bonds is 6. The molecule has 1 saturated carbocycles. The predicted octanol–water partition coefficient (Wildman–Crippen LogP) is 4.40. The van der Waals surface area contributed by atoms with Crippen LogP contribution in [0.3, 0.4) is 0 Å². The Labute approximate surface area is 210 Å². The van der Waals surface area contributed by atoms with Crippen molar-refractivity contribution in [3.05, 3.63) is 65.1 Å². The van der Waals surface area contributed by atoms with Crippen LogP contribution in [0.2, 0.25) is 0 Å². The van der Waals surface area contributed by atoms with E-state index in [1.807, 2.05) is 12.1 Å². The van der Waals surface area contributed by atoms with E-state index in [4.69, 9.17) is 4.74 Å². The fraction of sp³-hybridized carbons (Fsp3) is 0.483. The number of aliphatic hydroxyl groups is 1. The first-order valence-corrected chi connectivity index (χ1v) is 13.1. The average Bonchev–Trinajstić information content (AvgIpc) is 3.23. The summed E-state index contributed by atoms with van der Waals surface area (Å²) in [6.07, 6.45) is 3.76. The molecule has 1 saturated heterocycles. The van der Waals surface area contributed by atoms with Gasteiger partial charge in [0.2, 0.25) is 0 Å². The molecule has 2 aromatic carbocycles. The van der Waals surface area contributed by atoms with Gasteiger partial charge in [0.15, 0.2) is 5.78 Å². The summed E-state index contributed by atoms with van der Waals surface area (Å²) in [5, 5.41) is 15.8. The topological polar surface area (TPSA) is 77.6 Å². The van der Waals surface area contributed by atoms with Crippen LogP contribution in [0.5, 0.6) is 5.75 Å². The highest BCUT2D eigenvalue weighted by molar-refractivity contribution is 5.94. The van der Waals surface area contributed by atoms with E-state index < -0.39 is 18.0 Å². The van der Waals surface area contributed by atoms with Gasteiger partial charge in [0.05, 0.1) is 13.2 Å². The van der Waals surface area contributed by atoms with Crippen LogP contribution in [0.25, 0.3) is 10.9 Å². The van der Waals surface area contributed by atoms with E-state index in [9.17, 15) is 14.3 Å². The molecular formula is C29H34FN3O3. The van der Waals surface area contributed by atoms with Crippen molar-refractivity contribution < 1.29 is 19.0 Å². The molecule has 3 N–H and O–H groups in total. The number of methoxy groups -OCH3 is 1. The first kappa shape index (κ1) is 23.6. The van der Waals surface area contributed by atoms with Crippen molar-refractivity contribution in [2.75, 3.05) is 33.3 Å². The van der Waals surface area contributed by atoms with Gasteiger partial charge in [-0.1, -0.05) is 24.6 Å². The van der Waals surface area contributed by atoms with Crippen LogP contribution in [0.4, 0.5) is 4.39 Å². The second-order valence-electron chi connectivity index (χ2n) is 10.8. The van der Waals surface area contributed by atoms with Gasteiger partial charge in [0, 0.05) is 52.6 Å². The fourth-order valence-corrected chi connectivity index (χ4v) is 6.63. The Kier molecular flexibility index (Phi) is 6.10. The summed E-state index contributed by atoms with van der Waals surface area (Å²) in [5.74, 6) is 0.609. The zero-order valence-electron chi connectivity index (χ0n) is 20.7. The zero-order chi connectivity index (χ0) is 24.9. The number of carbonyl (C=O) groups excluding carboxylic acids is 1. The van der Waals surface area contributed by atoms with Gasteiger partial charge in [0.1, 0.15) is 17.6 Å². The lowest BCUT2D eigenvalue weighted by Crippen LogP contribution is -2.55. The molecule has 1 spiro atoms. The van der Waals surface area contributed by atoms with E-state index in [2.05, 4.69) is 21.3 Å². The number of ether oxygens (including phenoxy) is 1. The summed E-state index contributed by atoms with van der Waals surface area (Å²) in [7, 11) is 1.66. The Morgan fingerprint density at radius 2 is 2.00 bits per heavy atom. The van der Waals surface area contributed by atoms with Gasteiger partial charge in [-0.15, -0.1) is 0 Å². The summed E-state index contributed by atoms with van der Waals surface area (Å²) < 4.78 is 20.1. The molecule has 3 heterocycles. The molecule has 1 aliphatic carbocycles. The number of nitrogens with zero attached hydrogens (tertiary/aromatic N) is 1. The fourth-order valence-electron chi connectivity index (χ4n) is 6.63. The van der Waals surface area contributed by atoms with Crippen LogP contribution in [-0.4, -0.2) is 54.1 Å². The van der Waals surface area contributed by atoms with Crippen LogP contribution in [0.1, 0.15) is 61.1 Å². The number of Topliss-reactive ketones (excluding diaryl/α,β-unsaturated/α-hetero) is 1. The maximum atomic E-state index is 14.6. The zero-order valence-corrected chi connectivity index (χ0v) is 20.7. The van der Waals surface area contributed by atoms with Gasteiger partial charge >= 0.3 is 0 Å². The summed E-state index contributed by atoms with van der Waals surface area (Å²) in [5.41, 5.74) is 3.29. The molecule has 6 rings (SSSR count). The number of H-pyrrole nitrogens is 1. The lowest BCUT2D eigenvalue weighted by atomic mass is 9.67. The molecule has 6 nitrogen and oxygen atoms in total. The quantitative estimate of drug-likeness (QED) is 0.477. The van der Waals surface area contributed by atoms with Crippen molar-refractivity contribution in [2.24, 2.45) is 5.92 Å². The highest BCUT2D eigenvalue weighted by Gasteiger charge is 2.50. The standard InChI is InChI=1S/C29H34FN3O3/c1-36-19-9-10-21-23(15-19)32-26-25(21)29(11-13-31-14-12-29)17-33(27(26)28(35)18-5-4-6-18)16-24(34)20-7-2-3-8-22(20)30/h2-3,7-10,15,18,24,27,31-32,34H,4-6,11-14,16-17H2,1H3/t24-,27?/m0/s1. The van der Waals surface area contributed by atoms with E-state index in [0.29, 0.717) is 6.54 Å². The monoisotopic (exact) mass is 491 g/mol. The molecule has 0 amide bonds. The number of carbonyl (C=O) groups is 1. The second-order valence-corrected chi connectivity index (χ2v) is 10.8. The van der Waals surface area contributed by atoms with E-state index in [1.165, 1.54) is 11.6 Å². The lowest BCUT2D eigenvalue weighted by Gasteiger charge is -2.49. The number of hydrogen-bond donors (Lipinski definition) is 3. The number of fused-ring (bicyclic) bond motifs is 4. The van der Waals surface area contributed by atoms with Crippen molar-refractivity contribution in [3.63, 3.8) is 0 Å². The Balaban J connectivity index is 1.48. The molecule has 36 heavy (non-hydrogen) atoms. The van der Waals surface area contributed by atoms with Gasteiger partial charge < -0.3 is 20.1 Å². The smallest absolute Gasteiger partial charge is 0.159 e. The molecule has 3 aromatic rings. The Morgan fingerprint density at radius 3 is 2.69 bits per heavy atom. The largest absolute Gasteiger partial charge is 0.497 e. The molecule has 2 aliphatic heterocycles. The van der Waals surface area contributed by atoms with Gasteiger partial charge in [0.25, 0.3) is 0 Å². The molecule has 2 atom stereocenters. The van der Waals surface area contributed by atoms with Crippen molar-refractivity contribution in [1.82, 2.24) is 15.2 Å².